The van der Waals surface area contributed by atoms with Gasteiger partial charge in [0.05, 0.1) is 19.3 Å². The number of nitrogens with zero attached hydrogens (tertiary/aromatic N) is 3. The molecule has 2 aromatic rings. The first-order valence-electron chi connectivity index (χ1n) is 8.53. The van der Waals surface area contributed by atoms with Crippen LogP contribution in [-0.2, 0) is 11.2 Å². The Bertz CT molecular complexity index is 670. The van der Waals surface area contributed by atoms with Gasteiger partial charge in [0.25, 0.3) is 0 Å². The monoisotopic (exact) mass is 309 g/mol. The summed E-state index contributed by atoms with van der Waals surface area (Å²) in [6.45, 7) is 4.51. The molecule has 0 bridgehead atoms. The van der Waals surface area contributed by atoms with Crippen LogP contribution in [0.25, 0.3) is 0 Å². The Morgan fingerprint density at radius 1 is 1.17 bits per heavy atom. The second kappa shape index (κ2) is 6.28. The van der Waals surface area contributed by atoms with E-state index in [-0.39, 0.29) is 0 Å². The zero-order valence-corrected chi connectivity index (χ0v) is 13.6. The SMILES string of the molecule is Cc1cc(N2CCOC[C@H]2Cc2ccccc2)nc(C2CC2)n1. The van der Waals surface area contributed by atoms with E-state index >= 15 is 0 Å². The Morgan fingerprint density at radius 2 is 2.00 bits per heavy atom. The van der Waals surface area contributed by atoms with Crippen molar-refractivity contribution in [2.24, 2.45) is 0 Å². The topological polar surface area (TPSA) is 38.2 Å². The van der Waals surface area contributed by atoms with Crippen molar-refractivity contribution in [2.45, 2.75) is 38.1 Å². The normalized spacial score (nSPS) is 21.4. The lowest BCUT2D eigenvalue weighted by atomic mass is 10.0. The predicted molar refractivity (Wildman–Crippen MR) is 90.8 cm³/mol. The van der Waals surface area contributed by atoms with Gasteiger partial charge in [-0.25, -0.2) is 9.97 Å². The highest BCUT2D eigenvalue weighted by Crippen LogP contribution is 2.38. The van der Waals surface area contributed by atoms with E-state index in [9.17, 15) is 0 Å². The van der Waals surface area contributed by atoms with Gasteiger partial charge in [0, 0.05) is 24.2 Å². The first-order chi connectivity index (χ1) is 11.3. The fraction of sp³-hybridized carbons (Fsp3) is 0.474. The van der Waals surface area contributed by atoms with Crippen LogP contribution in [0.4, 0.5) is 5.82 Å². The lowest BCUT2D eigenvalue weighted by Gasteiger charge is -2.37. The largest absolute Gasteiger partial charge is 0.377 e. The maximum absolute atomic E-state index is 5.74. The van der Waals surface area contributed by atoms with E-state index < -0.39 is 0 Å². The first-order valence-corrected chi connectivity index (χ1v) is 8.53. The zero-order valence-electron chi connectivity index (χ0n) is 13.6. The highest BCUT2D eigenvalue weighted by atomic mass is 16.5. The van der Waals surface area contributed by atoms with Gasteiger partial charge in [-0.2, -0.15) is 0 Å². The second-order valence-electron chi connectivity index (χ2n) is 6.61. The van der Waals surface area contributed by atoms with Gasteiger partial charge < -0.3 is 9.64 Å². The third-order valence-corrected chi connectivity index (χ3v) is 4.64. The third kappa shape index (κ3) is 3.37. The predicted octanol–water partition coefficient (Wildman–Crippen LogP) is 3.11. The number of rotatable bonds is 4. The molecule has 0 radical (unpaired) electrons. The van der Waals surface area contributed by atoms with Gasteiger partial charge >= 0.3 is 0 Å². The molecule has 2 aliphatic rings. The Kier molecular flexibility index (Phi) is 4.00. The lowest BCUT2D eigenvalue weighted by molar-refractivity contribution is 0.0936. The molecule has 4 heteroatoms. The van der Waals surface area contributed by atoms with Gasteiger partial charge in [-0.15, -0.1) is 0 Å². The number of aromatic nitrogens is 2. The molecule has 1 saturated carbocycles. The minimum atomic E-state index is 0.340. The van der Waals surface area contributed by atoms with Crippen LogP contribution < -0.4 is 4.90 Å². The van der Waals surface area contributed by atoms with Crippen LogP contribution in [0.5, 0.6) is 0 Å². The highest BCUT2D eigenvalue weighted by molar-refractivity contribution is 5.43. The zero-order chi connectivity index (χ0) is 15.6. The molecule has 1 aromatic heterocycles. The number of hydrogen-bond donors (Lipinski definition) is 0. The van der Waals surface area contributed by atoms with Gasteiger partial charge in [-0.3, -0.25) is 0 Å². The van der Waals surface area contributed by atoms with Gasteiger partial charge in [0.15, 0.2) is 0 Å². The van der Waals surface area contributed by atoms with Crippen molar-refractivity contribution < 1.29 is 4.74 Å². The van der Waals surface area contributed by atoms with Gasteiger partial charge in [0.1, 0.15) is 11.6 Å². The Hall–Kier alpha value is -1.94. The summed E-state index contributed by atoms with van der Waals surface area (Å²) in [7, 11) is 0. The molecule has 1 aliphatic carbocycles. The van der Waals surface area contributed by atoms with E-state index in [0.29, 0.717) is 12.0 Å². The van der Waals surface area contributed by atoms with Crippen molar-refractivity contribution in [2.75, 3.05) is 24.7 Å². The average molecular weight is 309 g/mol. The number of hydrogen-bond acceptors (Lipinski definition) is 4. The van der Waals surface area contributed by atoms with E-state index in [1.807, 2.05) is 0 Å². The Balaban J connectivity index is 1.59. The Labute approximate surface area is 137 Å². The van der Waals surface area contributed by atoms with Crippen molar-refractivity contribution in [1.82, 2.24) is 9.97 Å². The molecule has 1 saturated heterocycles. The molecular formula is C19H23N3O. The highest BCUT2D eigenvalue weighted by Gasteiger charge is 2.29. The molecule has 2 fully saturated rings. The van der Waals surface area contributed by atoms with Crippen LogP contribution in [0.3, 0.4) is 0 Å². The first kappa shape index (κ1) is 14.6. The lowest BCUT2D eigenvalue weighted by Crippen LogP contribution is -2.47. The molecule has 4 rings (SSSR count). The Morgan fingerprint density at radius 3 is 2.78 bits per heavy atom. The minimum Gasteiger partial charge on any atom is -0.377 e. The standard InChI is InChI=1S/C19H23N3O/c1-14-11-18(21-19(20-14)16-7-8-16)22-9-10-23-13-17(22)12-15-5-3-2-4-6-15/h2-6,11,16-17H,7-10,12-13H2,1H3/t17-/m1/s1. The molecule has 1 aliphatic heterocycles. The van der Waals surface area contributed by atoms with Crippen LogP contribution in [0.1, 0.15) is 35.8 Å². The van der Waals surface area contributed by atoms with Crippen LogP contribution in [0, 0.1) is 6.92 Å². The summed E-state index contributed by atoms with van der Waals surface area (Å²) in [4.78, 5) is 11.9. The second-order valence-corrected chi connectivity index (χ2v) is 6.61. The van der Waals surface area contributed by atoms with Crippen molar-refractivity contribution >= 4 is 5.82 Å². The van der Waals surface area contributed by atoms with Crippen LogP contribution in [-0.4, -0.2) is 35.8 Å². The van der Waals surface area contributed by atoms with Crippen molar-refractivity contribution in [3.8, 4) is 0 Å². The van der Waals surface area contributed by atoms with Crippen LogP contribution in [0.15, 0.2) is 36.4 Å². The molecular weight excluding hydrogens is 286 g/mol. The number of aryl methyl sites for hydroxylation is 1. The molecule has 0 N–H and O–H groups in total. The molecule has 1 aromatic carbocycles. The summed E-state index contributed by atoms with van der Waals surface area (Å²) in [5, 5.41) is 0. The summed E-state index contributed by atoms with van der Waals surface area (Å²) in [5.74, 6) is 2.69. The fourth-order valence-electron chi connectivity index (χ4n) is 3.26. The van der Waals surface area contributed by atoms with E-state index in [1.165, 1.54) is 18.4 Å². The summed E-state index contributed by atoms with van der Waals surface area (Å²) < 4.78 is 5.74. The summed E-state index contributed by atoms with van der Waals surface area (Å²) in [6, 6.07) is 13.1. The molecule has 1 atom stereocenters. The van der Waals surface area contributed by atoms with E-state index in [4.69, 9.17) is 9.72 Å². The molecule has 23 heavy (non-hydrogen) atoms. The average Bonchev–Trinajstić information content (AvgIpc) is 3.41. The quantitative estimate of drug-likeness (QED) is 0.870. The van der Waals surface area contributed by atoms with E-state index in [1.54, 1.807) is 0 Å². The maximum atomic E-state index is 5.74. The number of benzene rings is 1. The van der Waals surface area contributed by atoms with Gasteiger partial charge in [0.2, 0.25) is 0 Å². The van der Waals surface area contributed by atoms with Crippen molar-refractivity contribution in [3.63, 3.8) is 0 Å². The van der Waals surface area contributed by atoms with Gasteiger partial charge in [-0.1, -0.05) is 30.3 Å². The summed E-state index contributed by atoms with van der Waals surface area (Å²) in [5.41, 5.74) is 2.42. The van der Waals surface area contributed by atoms with Crippen LogP contribution in [0.2, 0.25) is 0 Å². The van der Waals surface area contributed by atoms with Crippen molar-refractivity contribution in [3.05, 3.63) is 53.5 Å². The number of anilines is 1. The molecule has 0 unspecified atom stereocenters. The number of morpholine rings is 1. The molecule has 2 heterocycles. The van der Waals surface area contributed by atoms with Crippen molar-refractivity contribution in [1.29, 1.82) is 0 Å². The fourth-order valence-corrected chi connectivity index (χ4v) is 3.26. The maximum Gasteiger partial charge on any atom is 0.134 e. The van der Waals surface area contributed by atoms with Crippen LogP contribution >= 0.6 is 0 Å². The summed E-state index contributed by atoms with van der Waals surface area (Å²) >= 11 is 0. The summed E-state index contributed by atoms with van der Waals surface area (Å²) in [6.07, 6.45) is 3.46. The number of ether oxygens (including phenoxy) is 1. The molecule has 0 spiro atoms. The molecule has 0 amide bonds. The smallest absolute Gasteiger partial charge is 0.134 e. The van der Waals surface area contributed by atoms with Gasteiger partial charge in [-0.05, 0) is 31.7 Å². The molecule has 4 nitrogen and oxygen atoms in total. The molecule has 120 valence electrons. The third-order valence-electron chi connectivity index (χ3n) is 4.64. The van der Waals surface area contributed by atoms with E-state index in [2.05, 4.69) is 53.2 Å². The minimum absolute atomic E-state index is 0.340. The van der Waals surface area contributed by atoms with E-state index in [0.717, 1.165) is 43.5 Å².